The molecule has 3 rings (SSSR count). The van der Waals surface area contributed by atoms with Crippen LogP contribution in [0.3, 0.4) is 0 Å². The third-order valence-electron chi connectivity index (χ3n) is 6.06. The number of carbonyl (C=O) groups is 2. The molecular weight excluding hydrogens is 370 g/mol. The molecule has 1 unspecified atom stereocenters. The molecule has 1 aromatic carbocycles. The van der Waals surface area contributed by atoms with Gasteiger partial charge in [0.15, 0.2) is 5.72 Å². The van der Waals surface area contributed by atoms with Gasteiger partial charge in [-0.05, 0) is 20.0 Å². The number of hydrogen-bond acceptors (Lipinski definition) is 6. The molecule has 2 N–H and O–H groups in total. The standard InChI is InChI=1S/C22H33N3O4/c1-3-4-10-24(2)19-15-20(26)18(16-25-11-13-29-14-12-25)22(28,23-21(19)27)17-8-6-5-7-9-17/h5-9,18-19,28H,3-4,10-16H2,1-2H3,(H,23,27)/t18-,19?,22-/m1/s1. The Balaban J connectivity index is 1.91. The number of hydrogen-bond donors (Lipinski definition) is 2. The predicted octanol–water partition coefficient (Wildman–Crippen LogP) is 0.970. The molecular formula is C22H33N3O4. The van der Waals surface area contributed by atoms with Gasteiger partial charge in [0, 0.05) is 31.6 Å². The number of amides is 1. The summed E-state index contributed by atoms with van der Waals surface area (Å²) in [6, 6.07) is 8.43. The van der Waals surface area contributed by atoms with E-state index in [1.807, 2.05) is 30.1 Å². The molecule has 0 aliphatic carbocycles. The molecule has 29 heavy (non-hydrogen) atoms. The lowest BCUT2D eigenvalue weighted by Gasteiger charge is -2.38. The lowest BCUT2D eigenvalue weighted by molar-refractivity contribution is -0.142. The smallest absolute Gasteiger partial charge is 0.240 e. The van der Waals surface area contributed by atoms with Gasteiger partial charge in [-0.2, -0.15) is 0 Å². The number of likely N-dealkylation sites (N-methyl/N-ethyl adjacent to an activating group) is 1. The van der Waals surface area contributed by atoms with Crippen LogP contribution < -0.4 is 5.32 Å². The monoisotopic (exact) mass is 403 g/mol. The van der Waals surface area contributed by atoms with Crippen molar-refractivity contribution < 1.29 is 19.4 Å². The van der Waals surface area contributed by atoms with Crippen LogP contribution in [0.1, 0.15) is 31.7 Å². The zero-order valence-electron chi connectivity index (χ0n) is 17.5. The number of aliphatic hydroxyl groups is 1. The van der Waals surface area contributed by atoms with Crippen LogP contribution in [0.25, 0.3) is 0 Å². The summed E-state index contributed by atoms with van der Waals surface area (Å²) in [4.78, 5) is 30.5. The maximum absolute atomic E-state index is 13.4. The van der Waals surface area contributed by atoms with Crippen molar-refractivity contribution in [1.29, 1.82) is 0 Å². The summed E-state index contributed by atoms with van der Waals surface area (Å²) in [6.45, 7) is 5.86. The van der Waals surface area contributed by atoms with Crippen LogP contribution in [0.2, 0.25) is 0 Å². The summed E-state index contributed by atoms with van der Waals surface area (Å²) in [6.07, 6.45) is 2.07. The van der Waals surface area contributed by atoms with E-state index in [2.05, 4.69) is 17.1 Å². The molecule has 2 heterocycles. The van der Waals surface area contributed by atoms with Crippen LogP contribution in [0.5, 0.6) is 0 Å². The van der Waals surface area contributed by atoms with Crippen molar-refractivity contribution in [1.82, 2.24) is 15.1 Å². The molecule has 0 aromatic heterocycles. The van der Waals surface area contributed by atoms with Gasteiger partial charge in [-0.25, -0.2) is 0 Å². The molecule has 3 atom stereocenters. The van der Waals surface area contributed by atoms with Crippen molar-refractivity contribution in [2.45, 2.75) is 38.0 Å². The van der Waals surface area contributed by atoms with Crippen molar-refractivity contribution in [3.63, 3.8) is 0 Å². The average Bonchev–Trinajstić information content (AvgIpc) is 2.83. The third-order valence-corrected chi connectivity index (χ3v) is 6.06. The van der Waals surface area contributed by atoms with Crippen LogP contribution in [-0.4, -0.2) is 79.1 Å². The first-order valence-corrected chi connectivity index (χ1v) is 10.6. The Kier molecular flexibility index (Phi) is 7.40. The number of unbranched alkanes of at least 4 members (excludes halogenated alkanes) is 1. The van der Waals surface area contributed by atoms with Gasteiger partial charge in [-0.15, -0.1) is 0 Å². The fourth-order valence-electron chi connectivity index (χ4n) is 4.18. The molecule has 2 aliphatic heterocycles. The Labute approximate surface area is 173 Å². The first kappa shape index (κ1) is 21.9. The summed E-state index contributed by atoms with van der Waals surface area (Å²) >= 11 is 0. The van der Waals surface area contributed by atoms with Gasteiger partial charge in [0.1, 0.15) is 5.78 Å². The minimum atomic E-state index is -1.73. The van der Waals surface area contributed by atoms with E-state index < -0.39 is 17.7 Å². The van der Waals surface area contributed by atoms with Crippen LogP contribution in [0.4, 0.5) is 0 Å². The van der Waals surface area contributed by atoms with E-state index in [1.54, 1.807) is 12.1 Å². The van der Waals surface area contributed by atoms with E-state index in [4.69, 9.17) is 4.74 Å². The number of ether oxygens (including phenoxy) is 1. The molecule has 7 nitrogen and oxygen atoms in total. The van der Waals surface area contributed by atoms with Crippen LogP contribution in [0.15, 0.2) is 30.3 Å². The fraction of sp³-hybridized carbons (Fsp3) is 0.636. The highest BCUT2D eigenvalue weighted by Crippen LogP contribution is 2.33. The van der Waals surface area contributed by atoms with E-state index in [0.717, 1.165) is 19.4 Å². The molecule has 1 amide bonds. The van der Waals surface area contributed by atoms with Crippen molar-refractivity contribution >= 4 is 11.7 Å². The molecule has 2 aliphatic rings. The molecule has 0 radical (unpaired) electrons. The normalized spacial score (nSPS) is 29.0. The number of nitrogens with one attached hydrogen (secondary N) is 1. The number of ketones is 1. The average molecular weight is 404 g/mol. The van der Waals surface area contributed by atoms with E-state index in [-0.39, 0.29) is 18.1 Å². The van der Waals surface area contributed by atoms with Gasteiger partial charge in [0.25, 0.3) is 0 Å². The molecule has 7 heteroatoms. The Morgan fingerprint density at radius 2 is 1.93 bits per heavy atom. The topological polar surface area (TPSA) is 82.1 Å². The van der Waals surface area contributed by atoms with Crippen molar-refractivity contribution in [2.75, 3.05) is 46.4 Å². The highest BCUT2D eigenvalue weighted by molar-refractivity contribution is 5.94. The Morgan fingerprint density at radius 1 is 1.24 bits per heavy atom. The molecule has 2 fully saturated rings. The van der Waals surface area contributed by atoms with E-state index >= 15 is 0 Å². The van der Waals surface area contributed by atoms with Crippen molar-refractivity contribution in [3.05, 3.63) is 35.9 Å². The molecule has 160 valence electrons. The van der Waals surface area contributed by atoms with Gasteiger partial charge in [0.2, 0.25) is 5.91 Å². The summed E-state index contributed by atoms with van der Waals surface area (Å²) in [5.74, 6) is -1.13. The quantitative estimate of drug-likeness (QED) is 0.706. The highest BCUT2D eigenvalue weighted by Gasteiger charge is 2.49. The van der Waals surface area contributed by atoms with Crippen molar-refractivity contribution in [2.24, 2.45) is 5.92 Å². The number of nitrogens with zero attached hydrogens (tertiary/aromatic N) is 2. The van der Waals surface area contributed by atoms with Crippen LogP contribution in [-0.2, 0) is 20.1 Å². The number of carbonyl (C=O) groups excluding carboxylic acids is 2. The van der Waals surface area contributed by atoms with Gasteiger partial charge in [-0.1, -0.05) is 43.7 Å². The molecule has 0 saturated carbocycles. The van der Waals surface area contributed by atoms with Gasteiger partial charge in [0.05, 0.1) is 25.2 Å². The lowest BCUT2D eigenvalue weighted by atomic mass is 9.84. The van der Waals surface area contributed by atoms with E-state index in [1.165, 1.54) is 0 Å². The Hall–Kier alpha value is -1.80. The minimum absolute atomic E-state index is 0.0884. The number of Topliss-reactive ketones (excluding diaryl/α,β-unsaturated/α-hetero) is 1. The van der Waals surface area contributed by atoms with Gasteiger partial charge >= 0.3 is 0 Å². The zero-order valence-corrected chi connectivity index (χ0v) is 17.5. The first-order valence-electron chi connectivity index (χ1n) is 10.6. The molecule has 0 bridgehead atoms. The molecule has 1 aromatic rings. The Morgan fingerprint density at radius 3 is 2.59 bits per heavy atom. The zero-order chi connectivity index (χ0) is 20.9. The molecule has 0 spiro atoms. The predicted molar refractivity (Wildman–Crippen MR) is 110 cm³/mol. The first-order chi connectivity index (χ1) is 14.0. The number of benzene rings is 1. The second-order valence-corrected chi connectivity index (χ2v) is 8.11. The second kappa shape index (κ2) is 9.80. The van der Waals surface area contributed by atoms with E-state index in [9.17, 15) is 14.7 Å². The Bertz CT molecular complexity index is 693. The minimum Gasteiger partial charge on any atom is -0.379 e. The lowest BCUT2D eigenvalue weighted by Crippen LogP contribution is -2.57. The largest absolute Gasteiger partial charge is 0.379 e. The van der Waals surface area contributed by atoms with Crippen LogP contribution >= 0.6 is 0 Å². The third kappa shape index (κ3) is 5.04. The fourth-order valence-corrected chi connectivity index (χ4v) is 4.18. The number of rotatable bonds is 7. The maximum atomic E-state index is 13.4. The van der Waals surface area contributed by atoms with Crippen LogP contribution in [0, 0.1) is 5.92 Å². The second-order valence-electron chi connectivity index (χ2n) is 8.11. The van der Waals surface area contributed by atoms with Gasteiger partial charge < -0.3 is 15.2 Å². The van der Waals surface area contributed by atoms with Gasteiger partial charge in [-0.3, -0.25) is 19.4 Å². The SMILES string of the molecule is CCCCN(C)C1CC(=O)[C@@H](CN2CCOCC2)[C@](O)(c2ccccc2)NC1=O. The molecule has 2 saturated heterocycles. The summed E-state index contributed by atoms with van der Waals surface area (Å²) in [5, 5.41) is 14.5. The summed E-state index contributed by atoms with van der Waals surface area (Å²) < 4.78 is 5.41. The summed E-state index contributed by atoms with van der Waals surface area (Å²) in [7, 11) is 1.87. The maximum Gasteiger partial charge on any atom is 0.240 e. The van der Waals surface area contributed by atoms with E-state index in [0.29, 0.717) is 38.4 Å². The number of morpholine rings is 1. The van der Waals surface area contributed by atoms with Crippen molar-refractivity contribution in [3.8, 4) is 0 Å². The highest BCUT2D eigenvalue weighted by atomic mass is 16.5. The summed E-state index contributed by atoms with van der Waals surface area (Å²) in [5.41, 5.74) is -1.19.